The minimum Gasteiger partial charge on any atom is -0.322 e. The average molecular weight is 367 g/mol. The molecule has 0 fully saturated rings. The molecule has 2 N–H and O–H groups in total. The van der Waals surface area contributed by atoms with Crippen molar-refractivity contribution >= 4 is 44.2 Å². The molecule has 134 valence electrons. The van der Waals surface area contributed by atoms with E-state index in [1.807, 2.05) is 26.8 Å². The van der Waals surface area contributed by atoms with E-state index in [9.17, 15) is 9.59 Å². The van der Waals surface area contributed by atoms with Crippen molar-refractivity contribution in [1.82, 2.24) is 4.98 Å². The molecule has 0 aliphatic heterocycles. The topological polar surface area (TPSA) is 71.1 Å². The quantitative estimate of drug-likeness (QED) is 0.694. The van der Waals surface area contributed by atoms with E-state index in [0.29, 0.717) is 17.1 Å². The largest absolute Gasteiger partial charge is 0.322 e. The predicted molar refractivity (Wildman–Crippen MR) is 107 cm³/mol. The Morgan fingerprint density at radius 1 is 1.04 bits per heavy atom. The van der Waals surface area contributed by atoms with Crippen molar-refractivity contribution in [2.24, 2.45) is 0 Å². The van der Waals surface area contributed by atoms with Crippen LogP contribution in [0.3, 0.4) is 0 Å². The van der Waals surface area contributed by atoms with Gasteiger partial charge in [0.15, 0.2) is 5.13 Å². The van der Waals surface area contributed by atoms with Gasteiger partial charge < -0.3 is 10.6 Å². The molecule has 0 radical (unpaired) electrons. The number of carbonyl (C=O) groups excluding carboxylic acids is 2. The molecule has 0 spiro atoms. The summed E-state index contributed by atoms with van der Waals surface area (Å²) in [6, 6.07) is 9.47. The Kier molecular flexibility index (Phi) is 5.04. The third-order valence-corrected chi connectivity index (χ3v) is 5.07. The molecule has 0 unspecified atom stereocenters. The van der Waals surface area contributed by atoms with Gasteiger partial charge in [0.25, 0.3) is 5.91 Å². The smallest absolute Gasteiger partial charge is 0.255 e. The summed E-state index contributed by atoms with van der Waals surface area (Å²) in [5, 5.41) is 6.32. The van der Waals surface area contributed by atoms with E-state index in [-0.39, 0.29) is 11.8 Å². The predicted octanol–water partition coefficient (Wildman–Crippen LogP) is 4.82. The zero-order chi connectivity index (χ0) is 18.8. The number of aryl methyl sites for hydroxylation is 3. The van der Waals surface area contributed by atoms with E-state index in [1.54, 1.807) is 19.1 Å². The van der Waals surface area contributed by atoms with Crippen LogP contribution in [0.5, 0.6) is 0 Å². The van der Waals surface area contributed by atoms with E-state index >= 15 is 0 Å². The van der Waals surface area contributed by atoms with Crippen molar-refractivity contribution in [3.63, 3.8) is 0 Å². The standard InChI is InChI=1S/C20H21N3O2S/c1-5-17(24)22-20-21-15-7-6-14(10-16(15)26-20)19(25)23-18-12(3)8-11(2)9-13(18)4/h6-10H,5H2,1-4H3,(H,23,25)(H,21,22,24). The van der Waals surface area contributed by atoms with Crippen molar-refractivity contribution < 1.29 is 9.59 Å². The summed E-state index contributed by atoms with van der Waals surface area (Å²) in [4.78, 5) is 28.6. The van der Waals surface area contributed by atoms with Gasteiger partial charge in [-0.2, -0.15) is 0 Å². The summed E-state index contributed by atoms with van der Waals surface area (Å²) in [5.74, 6) is -0.234. The van der Waals surface area contributed by atoms with Gasteiger partial charge >= 0.3 is 0 Å². The average Bonchev–Trinajstić information content (AvgIpc) is 2.98. The highest BCUT2D eigenvalue weighted by molar-refractivity contribution is 7.22. The number of rotatable bonds is 4. The van der Waals surface area contributed by atoms with Crippen LogP contribution in [-0.4, -0.2) is 16.8 Å². The highest BCUT2D eigenvalue weighted by Crippen LogP contribution is 2.28. The number of aromatic nitrogens is 1. The van der Waals surface area contributed by atoms with Gasteiger partial charge in [-0.15, -0.1) is 0 Å². The second kappa shape index (κ2) is 7.25. The molecule has 0 atom stereocenters. The zero-order valence-corrected chi connectivity index (χ0v) is 16.1. The Balaban J connectivity index is 1.86. The first-order valence-corrected chi connectivity index (χ1v) is 9.28. The number of hydrogen-bond donors (Lipinski definition) is 2. The van der Waals surface area contributed by atoms with Crippen molar-refractivity contribution in [1.29, 1.82) is 0 Å². The minimum absolute atomic E-state index is 0.0765. The molecular weight excluding hydrogens is 346 g/mol. The number of amides is 2. The SMILES string of the molecule is CCC(=O)Nc1nc2ccc(C(=O)Nc3c(C)cc(C)cc3C)cc2s1. The normalized spacial score (nSPS) is 10.8. The maximum atomic E-state index is 12.7. The van der Waals surface area contributed by atoms with E-state index in [2.05, 4.69) is 27.8 Å². The van der Waals surface area contributed by atoms with Gasteiger partial charge in [0.05, 0.1) is 10.2 Å². The van der Waals surface area contributed by atoms with Gasteiger partial charge in [0, 0.05) is 17.7 Å². The summed E-state index contributed by atoms with van der Waals surface area (Å²) >= 11 is 1.36. The van der Waals surface area contributed by atoms with Crippen LogP contribution in [-0.2, 0) is 4.79 Å². The summed E-state index contributed by atoms with van der Waals surface area (Å²) < 4.78 is 0.862. The maximum Gasteiger partial charge on any atom is 0.255 e. The first kappa shape index (κ1) is 18.1. The molecule has 0 bridgehead atoms. The Morgan fingerprint density at radius 3 is 2.38 bits per heavy atom. The Bertz CT molecular complexity index is 984. The lowest BCUT2D eigenvalue weighted by Crippen LogP contribution is -2.13. The highest BCUT2D eigenvalue weighted by Gasteiger charge is 2.13. The number of thiazole rings is 1. The lowest BCUT2D eigenvalue weighted by molar-refractivity contribution is -0.115. The monoisotopic (exact) mass is 367 g/mol. The van der Waals surface area contributed by atoms with Crippen molar-refractivity contribution in [2.45, 2.75) is 34.1 Å². The van der Waals surface area contributed by atoms with Crippen LogP contribution >= 0.6 is 11.3 Å². The first-order valence-electron chi connectivity index (χ1n) is 8.47. The van der Waals surface area contributed by atoms with Crippen LogP contribution < -0.4 is 10.6 Å². The molecule has 3 rings (SSSR count). The van der Waals surface area contributed by atoms with Crippen LogP contribution in [0, 0.1) is 20.8 Å². The molecule has 1 aromatic heterocycles. The molecule has 1 heterocycles. The molecule has 2 amide bonds. The lowest BCUT2D eigenvalue weighted by atomic mass is 10.0. The lowest BCUT2D eigenvalue weighted by Gasteiger charge is -2.12. The zero-order valence-electron chi connectivity index (χ0n) is 15.3. The molecule has 5 nitrogen and oxygen atoms in total. The summed E-state index contributed by atoms with van der Waals surface area (Å²) in [5.41, 5.74) is 5.43. The molecule has 0 saturated carbocycles. The second-order valence-electron chi connectivity index (χ2n) is 6.33. The van der Waals surface area contributed by atoms with Gasteiger partial charge in [-0.1, -0.05) is 36.0 Å². The number of hydrogen-bond acceptors (Lipinski definition) is 4. The molecule has 0 saturated heterocycles. The number of nitrogens with zero attached hydrogens (tertiary/aromatic N) is 1. The van der Waals surface area contributed by atoms with E-state index in [1.165, 1.54) is 16.9 Å². The number of anilines is 2. The third kappa shape index (κ3) is 3.75. The van der Waals surface area contributed by atoms with Crippen molar-refractivity contribution in [3.05, 3.63) is 52.6 Å². The molecular formula is C20H21N3O2S. The first-order chi connectivity index (χ1) is 12.4. The Hall–Kier alpha value is -2.73. The molecule has 0 aliphatic rings. The number of fused-ring (bicyclic) bond motifs is 1. The molecule has 3 aromatic rings. The van der Waals surface area contributed by atoms with Crippen LogP contribution in [0.4, 0.5) is 10.8 Å². The summed E-state index contributed by atoms with van der Waals surface area (Å²) in [7, 11) is 0. The number of carbonyl (C=O) groups is 2. The summed E-state index contributed by atoms with van der Waals surface area (Å²) in [6.45, 7) is 7.81. The fourth-order valence-electron chi connectivity index (χ4n) is 2.89. The molecule has 26 heavy (non-hydrogen) atoms. The molecule has 2 aromatic carbocycles. The van der Waals surface area contributed by atoms with Crippen LogP contribution in [0.2, 0.25) is 0 Å². The maximum absolute atomic E-state index is 12.7. The van der Waals surface area contributed by atoms with Crippen molar-refractivity contribution in [2.75, 3.05) is 10.6 Å². The summed E-state index contributed by atoms with van der Waals surface area (Å²) in [6.07, 6.45) is 0.402. The third-order valence-electron chi connectivity index (χ3n) is 4.13. The molecule has 0 aliphatic carbocycles. The van der Waals surface area contributed by atoms with Gasteiger partial charge in [0.1, 0.15) is 0 Å². The van der Waals surface area contributed by atoms with Gasteiger partial charge in [-0.05, 0) is 50.1 Å². The van der Waals surface area contributed by atoms with Gasteiger partial charge in [-0.3, -0.25) is 9.59 Å². The van der Waals surface area contributed by atoms with Crippen LogP contribution in [0.1, 0.15) is 40.4 Å². The highest BCUT2D eigenvalue weighted by atomic mass is 32.1. The van der Waals surface area contributed by atoms with E-state index in [0.717, 1.165) is 27.0 Å². The van der Waals surface area contributed by atoms with E-state index in [4.69, 9.17) is 0 Å². The Morgan fingerprint density at radius 2 is 1.73 bits per heavy atom. The number of benzene rings is 2. The van der Waals surface area contributed by atoms with Gasteiger partial charge in [-0.25, -0.2) is 4.98 Å². The van der Waals surface area contributed by atoms with Crippen molar-refractivity contribution in [3.8, 4) is 0 Å². The van der Waals surface area contributed by atoms with E-state index < -0.39 is 0 Å². The minimum atomic E-state index is -0.158. The molecule has 6 heteroatoms. The van der Waals surface area contributed by atoms with Crippen LogP contribution in [0.25, 0.3) is 10.2 Å². The second-order valence-corrected chi connectivity index (χ2v) is 7.36. The fraction of sp³-hybridized carbons (Fsp3) is 0.250. The number of nitrogens with one attached hydrogen (secondary N) is 2. The fourth-order valence-corrected chi connectivity index (χ4v) is 3.81. The van der Waals surface area contributed by atoms with Gasteiger partial charge in [0.2, 0.25) is 5.91 Å². The van der Waals surface area contributed by atoms with Crippen LogP contribution in [0.15, 0.2) is 30.3 Å². The Labute approximate surface area is 156 Å².